The highest BCUT2D eigenvalue weighted by Gasteiger charge is 2.37. The lowest BCUT2D eigenvalue weighted by Gasteiger charge is -2.23. The minimum Gasteiger partial charge on any atom is -1.00 e. The number of aryl methyl sites for hydroxylation is 2. The Bertz CT molecular complexity index is 1190. The lowest BCUT2D eigenvalue weighted by molar-refractivity contribution is -0.119. The topological polar surface area (TPSA) is 73.8 Å². The van der Waals surface area contributed by atoms with Crippen LogP contribution in [-0.4, -0.2) is 66.2 Å². The van der Waals surface area contributed by atoms with Crippen molar-refractivity contribution in [2.75, 3.05) is 38.6 Å². The Morgan fingerprint density at radius 1 is 1.03 bits per heavy atom. The standard InChI is InChI=1S/C24H26N4O3S.ClH/c1-15-12-16(2)21-19(13-15)25-24(32-21)27(11-7-10-26(3)4)20(29)14-28-22(30)17-8-5-6-9-18(17)23(28)31;/h5-6,8-9,12-13H,7,10-11,14H2,1-4H3;1H/p-1. The van der Waals surface area contributed by atoms with Crippen molar-refractivity contribution in [3.63, 3.8) is 0 Å². The summed E-state index contributed by atoms with van der Waals surface area (Å²) >= 11 is 1.47. The number of rotatable bonds is 7. The van der Waals surface area contributed by atoms with Gasteiger partial charge in [0.05, 0.1) is 21.3 Å². The number of nitrogens with zero attached hydrogens (tertiary/aromatic N) is 4. The second kappa shape index (κ2) is 9.99. The highest BCUT2D eigenvalue weighted by atomic mass is 35.5. The maximum absolute atomic E-state index is 13.4. The Morgan fingerprint density at radius 3 is 2.27 bits per heavy atom. The van der Waals surface area contributed by atoms with Gasteiger partial charge in [0, 0.05) is 6.54 Å². The number of fused-ring (bicyclic) bond motifs is 2. The number of anilines is 1. The first-order valence-corrected chi connectivity index (χ1v) is 11.4. The molecule has 0 fully saturated rings. The van der Waals surface area contributed by atoms with E-state index in [1.807, 2.05) is 34.0 Å². The van der Waals surface area contributed by atoms with Gasteiger partial charge in [0.15, 0.2) is 5.13 Å². The van der Waals surface area contributed by atoms with E-state index in [1.54, 1.807) is 29.2 Å². The molecule has 0 spiro atoms. The largest absolute Gasteiger partial charge is 1.00 e. The van der Waals surface area contributed by atoms with Gasteiger partial charge in [0.25, 0.3) is 11.8 Å². The minimum absolute atomic E-state index is 0. The van der Waals surface area contributed by atoms with Crippen LogP contribution < -0.4 is 17.3 Å². The molecule has 1 aliphatic rings. The molecule has 33 heavy (non-hydrogen) atoms. The molecule has 0 aliphatic carbocycles. The van der Waals surface area contributed by atoms with Crippen LogP contribution in [0.15, 0.2) is 36.4 Å². The molecule has 2 heterocycles. The van der Waals surface area contributed by atoms with Crippen molar-refractivity contribution in [1.29, 1.82) is 0 Å². The molecule has 9 heteroatoms. The fraction of sp³-hybridized carbons (Fsp3) is 0.333. The number of hydrogen-bond acceptors (Lipinski definition) is 6. The van der Waals surface area contributed by atoms with Crippen molar-refractivity contribution in [2.45, 2.75) is 20.3 Å². The first kappa shape index (κ1) is 24.8. The van der Waals surface area contributed by atoms with Crippen LogP contribution in [0.5, 0.6) is 0 Å². The van der Waals surface area contributed by atoms with Gasteiger partial charge in [0.1, 0.15) is 6.54 Å². The van der Waals surface area contributed by atoms with Gasteiger partial charge in [-0.3, -0.25) is 24.2 Å². The second-order valence-corrected chi connectivity index (χ2v) is 9.35. The summed E-state index contributed by atoms with van der Waals surface area (Å²) in [7, 11) is 3.96. The predicted molar refractivity (Wildman–Crippen MR) is 126 cm³/mol. The monoisotopic (exact) mass is 485 g/mol. The van der Waals surface area contributed by atoms with Crippen molar-refractivity contribution in [1.82, 2.24) is 14.8 Å². The maximum Gasteiger partial charge on any atom is 0.262 e. The number of hydrogen-bond donors (Lipinski definition) is 0. The second-order valence-electron chi connectivity index (χ2n) is 8.37. The summed E-state index contributed by atoms with van der Waals surface area (Å²) < 4.78 is 1.04. The van der Waals surface area contributed by atoms with Crippen LogP contribution in [0.2, 0.25) is 0 Å². The van der Waals surface area contributed by atoms with E-state index in [9.17, 15) is 14.4 Å². The summed E-state index contributed by atoms with van der Waals surface area (Å²) in [6.07, 6.45) is 0.745. The smallest absolute Gasteiger partial charge is 0.262 e. The summed E-state index contributed by atoms with van der Waals surface area (Å²) in [5.74, 6) is -1.17. The van der Waals surface area contributed by atoms with E-state index in [2.05, 4.69) is 11.0 Å². The number of benzene rings is 2. The van der Waals surface area contributed by atoms with E-state index in [4.69, 9.17) is 4.98 Å². The molecule has 0 radical (unpaired) electrons. The van der Waals surface area contributed by atoms with Gasteiger partial charge in [-0.05, 0) is 70.2 Å². The van der Waals surface area contributed by atoms with Crippen molar-refractivity contribution in [2.24, 2.45) is 0 Å². The number of halogens is 1. The Labute approximate surface area is 203 Å². The molecule has 4 rings (SSSR count). The molecule has 0 saturated heterocycles. The third-order valence-corrected chi connectivity index (χ3v) is 6.73. The number of carbonyl (C=O) groups is 3. The lowest BCUT2D eigenvalue weighted by Crippen LogP contribution is -3.00. The highest BCUT2D eigenvalue weighted by Crippen LogP contribution is 2.32. The number of thiazole rings is 1. The minimum atomic E-state index is -0.428. The van der Waals surface area contributed by atoms with E-state index in [0.717, 1.165) is 39.2 Å². The van der Waals surface area contributed by atoms with Crippen LogP contribution in [0.25, 0.3) is 10.2 Å². The zero-order chi connectivity index (χ0) is 23.0. The van der Waals surface area contributed by atoms with Gasteiger partial charge in [-0.25, -0.2) is 4.98 Å². The molecule has 3 aromatic rings. The van der Waals surface area contributed by atoms with Crippen LogP contribution in [0, 0.1) is 13.8 Å². The van der Waals surface area contributed by atoms with E-state index in [1.165, 1.54) is 11.3 Å². The number of imide groups is 1. The Morgan fingerprint density at radius 2 is 1.67 bits per heavy atom. The van der Waals surface area contributed by atoms with Crippen molar-refractivity contribution < 1.29 is 26.8 Å². The van der Waals surface area contributed by atoms with Crippen molar-refractivity contribution in [3.8, 4) is 0 Å². The first-order chi connectivity index (χ1) is 15.3. The molecule has 0 unspecified atom stereocenters. The summed E-state index contributed by atoms with van der Waals surface area (Å²) in [5.41, 5.74) is 3.77. The zero-order valence-corrected chi connectivity index (χ0v) is 20.7. The van der Waals surface area contributed by atoms with Crippen LogP contribution in [0.3, 0.4) is 0 Å². The molecule has 0 atom stereocenters. The quantitative estimate of drug-likeness (QED) is 0.456. The Kier molecular flexibility index (Phi) is 7.51. The van der Waals surface area contributed by atoms with Gasteiger partial charge in [-0.2, -0.15) is 0 Å². The molecule has 0 N–H and O–H groups in total. The number of carbonyl (C=O) groups excluding carboxylic acids is 3. The molecular formula is C24H26ClN4O3S-. The molecule has 1 aromatic heterocycles. The van der Waals surface area contributed by atoms with Gasteiger partial charge < -0.3 is 17.3 Å². The van der Waals surface area contributed by atoms with E-state index in [-0.39, 0.29) is 24.9 Å². The molecule has 3 amide bonds. The fourth-order valence-corrected chi connectivity index (χ4v) is 5.01. The lowest BCUT2D eigenvalue weighted by atomic mass is 10.1. The average Bonchev–Trinajstić information content (AvgIpc) is 3.26. The van der Waals surface area contributed by atoms with Crippen molar-refractivity contribution >= 4 is 44.4 Å². The molecule has 0 bridgehead atoms. The first-order valence-electron chi connectivity index (χ1n) is 10.5. The fourth-order valence-electron chi connectivity index (χ4n) is 3.96. The maximum atomic E-state index is 13.4. The molecular weight excluding hydrogens is 460 g/mol. The number of amides is 3. The van der Waals surface area contributed by atoms with E-state index >= 15 is 0 Å². The van der Waals surface area contributed by atoms with Crippen LogP contribution >= 0.6 is 11.3 Å². The van der Waals surface area contributed by atoms with Crippen LogP contribution in [-0.2, 0) is 4.79 Å². The van der Waals surface area contributed by atoms with Gasteiger partial charge >= 0.3 is 0 Å². The van der Waals surface area contributed by atoms with Gasteiger partial charge in [-0.15, -0.1) is 0 Å². The third kappa shape index (κ3) is 4.93. The number of aromatic nitrogens is 1. The molecule has 174 valence electrons. The molecule has 7 nitrogen and oxygen atoms in total. The zero-order valence-electron chi connectivity index (χ0n) is 19.1. The Hall–Kier alpha value is -2.81. The average molecular weight is 486 g/mol. The molecule has 1 aliphatic heterocycles. The normalized spacial score (nSPS) is 12.9. The summed E-state index contributed by atoms with van der Waals surface area (Å²) in [6.45, 7) is 5.02. The third-order valence-electron chi connectivity index (χ3n) is 5.50. The van der Waals surface area contributed by atoms with Crippen molar-refractivity contribution in [3.05, 3.63) is 58.7 Å². The van der Waals surface area contributed by atoms with E-state index < -0.39 is 11.8 Å². The van der Waals surface area contributed by atoms with Crippen LogP contribution in [0.4, 0.5) is 5.13 Å². The Balaban J connectivity index is 0.00000306. The molecule has 2 aromatic carbocycles. The van der Waals surface area contributed by atoms with Gasteiger partial charge in [-0.1, -0.05) is 29.5 Å². The van der Waals surface area contributed by atoms with Crippen LogP contribution in [0.1, 0.15) is 38.3 Å². The van der Waals surface area contributed by atoms with Gasteiger partial charge in [0.2, 0.25) is 5.91 Å². The SMILES string of the molecule is Cc1cc(C)c2sc(N(CCCN(C)C)C(=O)CN3C(=O)c4ccccc4C3=O)nc2c1.[Cl-]. The van der Waals surface area contributed by atoms with E-state index in [0.29, 0.717) is 22.8 Å². The summed E-state index contributed by atoms with van der Waals surface area (Å²) in [5, 5.41) is 0.592. The predicted octanol–water partition coefficient (Wildman–Crippen LogP) is 0.498. The highest BCUT2D eigenvalue weighted by molar-refractivity contribution is 7.22. The molecule has 0 saturated carbocycles. The summed E-state index contributed by atoms with van der Waals surface area (Å²) in [4.78, 5) is 48.3. The summed E-state index contributed by atoms with van der Waals surface area (Å²) in [6, 6.07) is 10.8.